The van der Waals surface area contributed by atoms with Crippen molar-refractivity contribution in [2.24, 2.45) is 0 Å². The Kier molecular flexibility index (Phi) is 6.38. The minimum atomic E-state index is -3.74. The van der Waals surface area contributed by atoms with Crippen molar-refractivity contribution >= 4 is 21.6 Å². The second-order valence-electron chi connectivity index (χ2n) is 8.75. The topological polar surface area (TPSA) is 76.2 Å². The molecule has 0 bridgehead atoms. The molecule has 0 spiro atoms. The maximum absolute atomic E-state index is 13.4. The Labute approximate surface area is 205 Å². The van der Waals surface area contributed by atoms with Crippen molar-refractivity contribution in [3.63, 3.8) is 0 Å². The monoisotopic (exact) mass is 492 g/mol. The summed E-state index contributed by atoms with van der Waals surface area (Å²) in [5.74, 6) is 1.34. The van der Waals surface area contributed by atoms with Crippen molar-refractivity contribution in [2.75, 3.05) is 31.1 Å². The Morgan fingerprint density at radius 2 is 1.63 bits per heavy atom. The molecule has 0 N–H and O–H groups in total. The van der Waals surface area contributed by atoms with Gasteiger partial charge in [0.2, 0.25) is 0 Å². The fourth-order valence-corrected chi connectivity index (χ4v) is 5.81. The van der Waals surface area contributed by atoms with Gasteiger partial charge in [0.15, 0.2) is 11.5 Å². The fourth-order valence-electron chi connectivity index (χ4n) is 4.61. The van der Waals surface area contributed by atoms with Crippen LogP contribution in [0.4, 0.5) is 5.69 Å². The van der Waals surface area contributed by atoms with Crippen molar-refractivity contribution < 1.29 is 22.7 Å². The molecule has 1 fully saturated rings. The summed E-state index contributed by atoms with van der Waals surface area (Å²) in [6.07, 6.45) is 2.60. The SMILES string of the molecule is CN(c1ccccc1)S(=O)(=O)c1ccc(C(=O)N2CCC[C@@H]2c2ccc3c(c2)OCCCO3)cc1. The first-order valence-corrected chi connectivity index (χ1v) is 13.2. The van der Waals surface area contributed by atoms with Crippen LogP contribution in [0.5, 0.6) is 11.5 Å². The Morgan fingerprint density at radius 3 is 2.37 bits per heavy atom. The molecule has 0 aliphatic carbocycles. The average Bonchev–Trinajstić information content (AvgIpc) is 3.27. The third kappa shape index (κ3) is 4.58. The normalized spacial score (nSPS) is 17.6. The second-order valence-corrected chi connectivity index (χ2v) is 10.7. The maximum atomic E-state index is 13.4. The van der Waals surface area contributed by atoms with Crippen LogP contribution in [0.3, 0.4) is 0 Å². The molecule has 0 aromatic heterocycles. The summed E-state index contributed by atoms with van der Waals surface area (Å²) in [5.41, 5.74) is 2.05. The van der Waals surface area contributed by atoms with E-state index in [-0.39, 0.29) is 16.8 Å². The number of benzene rings is 3. The number of sulfonamides is 1. The average molecular weight is 493 g/mol. The summed E-state index contributed by atoms with van der Waals surface area (Å²) in [6.45, 7) is 1.89. The van der Waals surface area contributed by atoms with Crippen LogP contribution < -0.4 is 13.8 Å². The number of hydrogen-bond donors (Lipinski definition) is 0. The van der Waals surface area contributed by atoms with Gasteiger partial charge in [0.25, 0.3) is 15.9 Å². The Balaban J connectivity index is 1.35. The molecule has 182 valence electrons. The van der Waals surface area contributed by atoms with Gasteiger partial charge in [-0.05, 0) is 66.9 Å². The number of hydrogen-bond acceptors (Lipinski definition) is 5. The van der Waals surface area contributed by atoms with E-state index < -0.39 is 10.0 Å². The number of carbonyl (C=O) groups is 1. The lowest BCUT2D eigenvalue weighted by Gasteiger charge is -2.26. The minimum absolute atomic E-state index is 0.0627. The molecule has 3 aromatic carbocycles. The van der Waals surface area contributed by atoms with Crippen LogP contribution in [0.1, 0.15) is 41.2 Å². The molecule has 1 amide bonds. The highest BCUT2D eigenvalue weighted by atomic mass is 32.2. The number of amides is 1. The van der Waals surface area contributed by atoms with E-state index in [1.807, 2.05) is 29.2 Å². The Morgan fingerprint density at radius 1 is 0.914 bits per heavy atom. The zero-order valence-electron chi connectivity index (χ0n) is 19.6. The first-order valence-electron chi connectivity index (χ1n) is 11.8. The van der Waals surface area contributed by atoms with Gasteiger partial charge in [-0.15, -0.1) is 0 Å². The van der Waals surface area contributed by atoms with Crippen molar-refractivity contribution in [1.82, 2.24) is 4.90 Å². The van der Waals surface area contributed by atoms with Gasteiger partial charge in [0.05, 0.1) is 29.8 Å². The summed E-state index contributed by atoms with van der Waals surface area (Å²) in [7, 11) is -2.21. The summed E-state index contributed by atoms with van der Waals surface area (Å²) in [6, 6.07) is 20.9. The smallest absolute Gasteiger partial charge is 0.264 e. The molecule has 2 heterocycles. The van der Waals surface area contributed by atoms with Gasteiger partial charge in [0.1, 0.15) is 0 Å². The lowest BCUT2D eigenvalue weighted by Crippen LogP contribution is -2.30. The summed E-state index contributed by atoms with van der Waals surface area (Å²) in [5, 5.41) is 0. The molecule has 0 unspecified atom stereocenters. The third-order valence-electron chi connectivity index (χ3n) is 6.55. The predicted molar refractivity (Wildman–Crippen MR) is 134 cm³/mol. The van der Waals surface area contributed by atoms with E-state index in [1.54, 1.807) is 36.4 Å². The number of carbonyl (C=O) groups excluding carboxylic acids is 1. The van der Waals surface area contributed by atoms with Crippen LogP contribution in [-0.4, -0.2) is 46.0 Å². The molecule has 3 aromatic rings. The molecule has 1 saturated heterocycles. The van der Waals surface area contributed by atoms with E-state index in [0.29, 0.717) is 31.0 Å². The van der Waals surface area contributed by atoms with Crippen molar-refractivity contribution in [3.8, 4) is 11.5 Å². The minimum Gasteiger partial charge on any atom is -0.490 e. The van der Waals surface area contributed by atoms with Gasteiger partial charge in [0, 0.05) is 25.6 Å². The molecule has 8 heteroatoms. The highest BCUT2D eigenvalue weighted by molar-refractivity contribution is 7.92. The molecule has 7 nitrogen and oxygen atoms in total. The van der Waals surface area contributed by atoms with Gasteiger partial charge in [-0.2, -0.15) is 0 Å². The summed E-state index contributed by atoms with van der Waals surface area (Å²) < 4.78 is 38.9. The first kappa shape index (κ1) is 23.2. The number of ether oxygens (including phenoxy) is 2. The molecular weight excluding hydrogens is 464 g/mol. The summed E-state index contributed by atoms with van der Waals surface area (Å²) >= 11 is 0. The molecule has 5 rings (SSSR count). The number of nitrogens with zero attached hydrogens (tertiary/aromatic N) is 2. The zero-order valence-corrected chi connectivity index (χ0v) is 20.4. The number of rotatable bonds is 5. The van der Waals surface area contributed by atoms with Crippen molar-refractivity contribution in [2.45, 2.75) is 30.2 Å². The molecule has 0 radical (unpaired) electrons. The van der Waals surface area contributed by atoms with Crippen molar-refractivity contribution in [3.05, 3.63) is 83.9 Å². The number of para-hydroxylation sites is 1. The number of anilines is 1. The lowest BCUT2D eigenvalue weighted by molar-refractivity contribution is 0.0735. The second kappa shape index (κ2) is 9.62. The first-order chi connectivity index (χ1) is 16.9. The van der Waals surface area contributed by atoms with Crippen LogP contribution in [0, 0.1) is 0 Å². The van der Waals surface area contributed by atoms with Crippen LogP contribution in [0.15, 0.2) is 77.7 Å². The van der Waals surface area contributed by atoms with Crippen molar-refractivity contribution in [1.29, 1.82) is 0 Å². The van der Waals surface area contributed by atoms with Gasteiger partial charge < -0.3 is 14.4 Å². The Hall–Kier alpha value is -3.52. The van der Waals surface area contributed by atoms with Gasteiger partial charge in [-0.1, -0.05) is 24.3 Å². The lowest BCUT2D eigenvalue weighted by atomic mass is 10.0. The van der Waals surface area contributed by atoms with E-state index in [9.17, 15) is 13.2 Å². The number of fused-ring (bicyclic) bond motifs is 1. The van der Waals surface area contributed by atoms with Crippen LogP contribution >= 0.6 is 0 Å². The molecular formula is C27H28N2O5S. The zero-order chi connectivity index (χ0) is 24.4. The van der Waals surface area contributed by atoms with E-state index in [2.05, 4.69) is 0 Å². The molecule has 35 heavy (non-hydrogen) atoms. The quantitative estimate of drug-likeness (QED) is 0.518. The van der Waals surface area contributed by atoms with E-state index >= 15 is 0 Å². The molecule has 2 aliphatic rings. The Bertz CT molecular complexity index is 1310. The van der Waals surface area contributed by atoms with Gasteiger partial charge >= 0.3 is 0 Å². The summed E-state index contributed by atoms with van der Waals surface area (Å²) in [4.78, 5) is 15.4. The predicted octanol–water partition coefficient (Wildman–Crippen LogP) is 4.65. The standard InChI is InChI=1S/C27H28N2O5S/c1-28(22-7-3-2-4-8-22)35(31,32)23-13-10-20(11-14-23)27(30)29-16-5-9-24(29)21-12-15-25-26(19-21)34-18-6-17-33-25/h2-4,7-8,10-15,19,24H,5-6,9,16-18H2,1H3/t24-/m1/s1. The van der Waals surface area contributed by atoms with Crippen LogP contribution in [0.25, 0.3) is 0 Å². The fraction of sp³-hybridized carbons (Fsp3) is 0.296. The van der Waals surface area contributed by atoms with E-state index in [0.717, 1.165) is 36.3 Å². The highest BCUT2D eigenvalue weighted by Crippen LogP contribution is 2.38. The van der Waals surface area contributed by atoms with E-state index in [4.69, 9.17) is 9.47 Å². The molecule has 2 aliphatic heterocycles. The van der Waals surface area contributed by atoms with Gasteiger partial charge in [-0.3, -0.25) is 9.10 Å². The van der Waals surface area contributed by atoms with Crippen LogP contribution in [-0.2, 0) is 10.0 Å². The maximum Gasteiger partial charge on any atom is 0.264 e. The third-order valence-corrected chi connectivity index (χ3v) is 8.35. The van der Waals surface area contributed by atoms with Crippen LogP contribution in [0.2, 0.25) is 0 Å². The van der Waals surface area contributed by atoms with Gasteiger partial charge in [-0.25, -0.2) is 8.42 Å². The highest BCUT2D eigenvalue weighted by Gasteiger charge is 2.32. The largest absolute Gasteiger partial charge is 0.490 e. The molecule has 1 atom stereocenters. The molecule has 0 saturated carbocycles. The number of likely N-dealkylation sites (tertiary alicyclic amines) is 1. The van der Waals surface area contributed by atoms with E-state index in [1.165, 1.54) is 23.5 Å².